The van der Waals surface area contributed by atoms with Crippen LogP contribution >= 0.6 is 0 Å². The number of nitrogens with one attached hydrogen (secondary N) is 3. The molecule has 5 aliphatic rings. The first-order valence-corrected chi connectivity index (χ1v) is 16.9. The van der Waals surface area contributed by atoms with Gasteiger partial charge in [0.15, 0.2) is 0 Å². The molecule has 4 fully saturated rings. The van der Waals surface area contributed by atoms with Gasteiger partial charge in [-0.2, -0.15) is 5.10 Å². The number of nitrogens with zero attached hydrogens (tertiary/aromatic N) is 4. The first-order valence-electron chi connectivity index (χ1n) is 16.9. The first-order chi connectivity index (χ1) is 22.8. The Morgan fingerprint density at radius 3 is 2.45 bits per heavy atom. The smallest absolute Gasteiger partial charge is 0.262 e. The van der Waals surface area contributed by atoms with Gasteiger partial charge in [0, 0.05) is 42.4 Å². The number of aromatic nitrogens is 3. The molecule has 4 amide bonds. The molecule has 1 aromatic carbocycles. The second-order valence-corrected chi connectivity index (χ2v) is 13.8. The minimum Gasteiger partial charge on any atom is -0.393 e. The normalized spacial score (nSPS) is 27.3. The number of fused-ring (bicyclic) bond motifs is 1. The average Bonchev–Trinajstić information content (AvgIpc) is 3.75. The van der Waals surface area contributed by atoms with Crippen LogP contribution in [0.2, 0.25) is 0 Å². The topological polar surface area (TPSA) is 159 Å². The Balaban J connectivity index is 0.893. The van der Waals surface area contributed by atoms with Crippen molar-refractivity contribution in [2.24, 2.45) is 5.92 Å². The summed E-state index contributed by atoms with van der Waals surface area (Å²) in [5, 5.41) is 24.2. The van der Waals surface area contributed by atoms with E-state index in [0.717, 1.165) is 91.3 Å². The monoisotopic (exact) mass is 637 g/mol. The van der Waals surface area contributed by atoms with Gasteiger partial charge >= 0.3 is 0 Å². The Hall–Kier alpha value is -4.58. The van der Waals surface area contributed by atoms with Crippen molar-refractivity contribution in [3.05, 3.63) is 59.4 Å². The fourth-order valence-corrected chi connectivity index (χ4v) is 7.47. The van der Waals surface area contributed by atoms with Crippen LogP contribution in [0.15, 0.2) is 42.6 Å². The minimum absolute atomic E-state index is 0.0930. The summed E-state index contributed by atoms with van der Waals surface area (Å²) in [5.41, 5.74) is 4.50. The summed E-state index contributed by atoms with van der Waals surface area (Å²) in [6.07, 6.45) is 10.0. The zero-order valence-electron chi connectivity index (χ0n) is 26.2. The van der Waals surface area contributed by atoms with E-state index in [9.17, 15) is 24.3 Å². The van der Waals surface area contributed by atoms with Gasteiger partial charge in [-0.1, -0.05) is 6.07 Å². The number of pyridine rings is 1. The molecule has 47 heavy (non-hydrogen) atoms. The second kappa shape index (κ2) is 11.9. The Labute approximate surface area is 272 Å². The standard InChI is InChI=1S/C35H39N7O5/c43-24-9-6-21(7-10-24)37-30-3-1-2-28(38-30)27-18-41(40-32(27)20-4-5-20)23-14-19(15-23)17-36-22-8-11-25-26(16-22)35(47)42(34(25)46)29-12-13-31(44)39-33(29)45/h1-3,8,11,16,18-21,23-24,29,36,43H,4-7,9-10,12-15,17H2,(H,37,38)(H,39,44,45)/t19-,21-,23-,24+,29?. The molecule has 12 nitrogen and oxygen atoms in total. The van der Waals surface area contributed by atoms with Crippen molar-refractivity contribution in [2.45, 2.75) is 94.4 Å². The van der Waals surface area contributed by atoms with Crippen molar-refractivity contribution < 1.29 is 24.3 Å². The maximum Gasteiger partial charge on any atom is 0.262 e. The third-order valence-electron chi connectivity index (χ3n) is 10.4. The molecule has 3 aliphatic carbocycles. The molecule has 0 radical (unpaired) electrons. The van der Waals surface area contributed by atoms with Crippen molar-refractivity contribution in [3.8, 4) is 11.3 Å². The number of piperidine rings is 1. The fraction of sp³-hybridized carbons (Fsp3) is 0.486. The van der Waals surface area contributed by atoms with Crippen LogP contribution in [-0.2, 0) is 9.59 Å². The zero-order valence-corrected chi connectivity index (χ0v) is 26.2. The van der Waals surface area contributed by atoms with Gasteiger partial charge in [-0.25, -0.2) is 4.98 Å². The molecule has 3 aromatic rings. The van der Waals surface area contributed by atoms with Crippen LogP contribution in [-0.4, -0.2) is 73.1 Å². The van der Waals surface area contributed by atoms with Crippen LogP contribution in [0.1, 0.15) is 103 Å². The first kappa shape index (κ1) is 29.8. The molecule has 0 spiro atoms. The van der Waals surface area contributed by atoms with E-state index in [2.05, 4.69) is 39.0 Å². The Morgan fingerprint density at radius 2 is 1.68 bits per heavy atom. The lowest BCUT2D eigenvalue weighted by Crippen LogP contribution is -2.54. The summed E-state index contributed by atoms with van der Waals surface area (Å²) < 4.78 is 2.13. The fourth-order valence-electron chi connectivity index (χ4n) is 7.47. The molecule has 8 rings (SSSR count). The Kier molecular flexibility index (Phi) is 7.54. The molecule has 244 valence electrons. The number of rotatable bonds is 9. The molecule has 1 saturated heterocycles. The summed E-state index contributed by atoms with van der Waals surface area (Å²) in [6.45, 7) is 0.728. The van der Waals surface area contributed by atoms with E-state index in [-0.39, 0.29) is 30.1 Å². The van der Waals surface area contributed by atoms with Crippen molar-refractivity contribution in [1.82, 2.24) is 25.0 Å². The SMILES string of the molecule is O=C1CCC(N2C(=O)c3ccc(NC[C@H]4C[C@H](n5cc(-c6cccc(N[C@H]7CC[C@@H](O)CC7)n6)c(C6CC6)n5)C4)cc3C2=O)C(=O)N1. The molecule has 1 unspecified atom stereocenters. The highest BCUT2D eigenvalue weighted by Crippen LogP contribution is 2.46. The third kappa shape index (κ3) is 5.79. The highest BCUT2D eigenvalue weighted by Gasteiger charge is 2.44. The largest absolute Gasteiger partial charge is 0.393 e. The van der Waals surface area contributed by atoms with Crippen LogP contribution in [0.5, 0.6) is 0 Å². The van der Waals surface area contributed by atoms with E-state index >= 15 is 0 Å². The zero-order chi connectivity index (χ0) is 32.2. The van der Waals surface area contributed by atoms with Gasteiger partial charge in [-0.3, -0.25) is 34.1 Å². The summed E-state index contributed by atoms with van der Waals surface area (Å²) in [5.74, 6) is -0.214. The molecule has 4 N–H and O–H groups in total. The summed E-state index contributed by atoms with van der Waals surface area (Å²) in [6, 6.07) is 10.9. The molecule has 0 bridgehead atoms. The van der Waals surface area contributed by atoms with Gasteiger partial charge in [-0.15, -0.1) is 0 Å². The van der Waals surface area contributed by atoms with Gasteiger partial charge in [0.1, 0.15) is 11.9 Å². The predicted octanol–water partition coefficient (Wildman–Crippen LogP) is 4.00. The number of carbonyl (C=O) groups excluding carboxylic acids is 4. The van der Waals surface area contributed by atoms with Crippen LogP contribution in [0.3, 0.4) is 0 Å². The molecule has 12 heteroatoms. The van der Waals surface area contributed by atoms with Crippen LogP contribution in [0, 0.1) is 5.92 Å². The van der Waals surface area contributed by atoms with E-state index < -0.39 is 29.7 Å². The molecule has 2 aromatic heterocycles. The number of benzene rings is 1. The number of hydrogen-bond donors (Lipinski definition) is 4. The Bertz CT molecular complexity index is 1750. The van der Waals surface area contributed by atoms with Gasteiger partial charge in [0.05, 0.1) is 34.7 Å². The van der Waals surface area contributed by atoms with Gasteiger partial charge in [0.25, 0.3) is 11.8 Å². The van der Waals surface area contributed by atoms with E-state index in [1.165, 1.54) is 0 Å². The number of aliphatic hydroxyl groups is 1. The molecule has 2 aliphatic heterocycles. The average molecular weight is 638 g/mol. The van der Waals surface area contributed by atoms with Crippen LogP contribution < -0.4 is 16.0 Å². The van der Waals surface area contributed by atoms with Crippen molar-refractivity contribution in [2.75, 3.05) is 17.2 Å². The van der Waals surface area contributed by atoms with Gasteiger partial charge in [0.2, 0.25) is 11.8 Å². The predicted molar refractivity (Wildman–Crippen MR) is 173 cm³/mol. The van der Waals surface area contributed by atoms with Crippen LogP contribution in [0.4, 0.5) is 11.5 Å². The van der Waals surface area contributed by atoms with E-state index in [1.54, 1.807) is 18.2 Å². The van der Waals surface area contributed by atoms with Gasteiger partial charge < -0.3 is 15.7 Å². The molecule has 1 atom stereocenters. The number of amides is 4. The maximum absolute atomic E-state index is 13.2. The lowest BCUT2D eigenvalue weighted by atomic mass is 9.80. The number of anilines is 2. The Morgan fingerprint density at radius 1 is 0.894 bits per heavy atom. The van der Waals surface area contributed by atoms with Crippen LogP contribution in [0.25, 0.3) is 11.3 Å². The number of carbonyl (C=O) groups is 4. The highest BCUT2D eigenvalue weighted by molar-refractivity contribution is 6.23. The van der Waals surface area contributed by atoms with Crippen molar-refractivity contribution in [1.29, 1.82) is 0 Å². The molecular weight excluding hydrogens is 598 g/mol. The van der Waals surface area contributed by atoms with E-state index in [4.69, 9.17) is 10.1 Å². The summed E-state index contributed by atoms with van der Waals surface area (Å²) in [4.78, 5) is 56.1. The molecule has 4 heterocycles. The van der Waals surface area contributed by atoms with Crippen molar-refractivity contribution in [3.63, 3.8) is 0 Å². The quantitative estimate of drug-likeness (QED) is 0.255. The van der Waals surface area contributed by atoms with Gasteiger partial charge in [-0.05, 0) is 94.0 Å². The third-order valence-corrected chi connectivity index (χ3v) is 10.4. The highest BCUT2D eigenvalue weighted by atomic mass is 16.3. The summed E-state index contributed by atoms with van der Waals surface area (Å²) in [7, 11) is 0. The number of hydrogen-bond acceptors (Lipinski definition) is 9. The molecule has 3 saturated carbocycles. The minimum atomic E-state index is -0.972. The lowest BCUT2D eigenvalue weighted by molar-refractivity contribution is -0.136. The van der Waals surface area contributed by atoms with E-state index in [1.807, 2.05) is 6.07 Å². The number of imide groups is 2. The van der Waals surface area contributed by atoms with E-state index in [0.29, 0.717) is 23.9 Å². The molecular formula is C35H39N7O5. The maximum atomic E-state index is 13.2. The van der Waals surface area contributed by atoms with Crippen molar-refractivity contribution >= 4 is 35.1 Å². The number of aliphatic hydroxyl groups excluding tert-OH is 1. The summed E-state index contributed by atoms with van der Waals surface area (Å²) >= 11 is 0. The second-order valence-electron chi connectivity index (χ2n) is 13.8. The lowest BCUT2D eigenvalue weighted by Gasteiger charge is -2.35.